The van der Waals surface area contributed by atoms with Gasteiger partial charge in [-0.1, -0.05) is 6.07 Å². The van der Waals surface area contributed by atoms with Crippen LogP contribution >= 0.6 is 11.8 Å². The number of aryl methyl sites for hydroxylation is 2. The summed E-state index contributed by atoms with van der Waals surface area (Å²) in [4.78, 5) is 15.5. The van der Waals surface area contributed by atoms with Crippen molar-refractivity contribution in [1.29, 1.82) is 0 Å². The smallest absolute Gasteiger partial charge is 0.338 e. The number of pyridine rings is 1. The fourth-order valence-electron chi connectivity index (χ4n) is 1.95. The minimum absolute atomic E-state index is 0.146. The number of hydrogen-bond donors (Lipinski definition) is 1. The molecular formula is C15H13F2NO2S. The summed E-state index contributed by atoms with van der Waals surface area (Å²) >= 11 is 1.19. The average Bonchev–Trinajstić information content (AvgIpc) is 2.38. The minimum atomic E-state index is -1.05. The van der Waals surface area contributed by atoms with Gasteiger partial charge < -0.3 is 5.11 Å². The van der Waals surface area contributed by atoms with Crippen LogP contribution in [-0.4, -0.2) is 16.1 Å². The summed E-state index contributed by atoms with van der Waals surface area (Å²) in [5.74, 6) is -2.56. The molecule has 0 atom stereocenters. The second-order valence-corrected chi connectivity index (χ2v) is 5.57. The van der Waals surface area contributed by atoms with Crippen LogP contribution in [0.4, 0.5) is 8.78 Å². The Hall–Kier alpha value is -1.95. The molecule has 2 rings (SSSR count). The monoisotopic (exact) mass is 309 g/mol. The number of hydrogen-bond acceptors (Lipinski definition) is 3. The van der Waals surface area contributed by atoms with Gasteiger partial charge in [-0.05, 0) is 43.2 Å². The summed E-state index contributed by atoms with van der Waals surface area (Å²) in [6, 6.07) is 5.32. The Balaban J connectivity index is 2.27. The fourth-order valence-corrected chi connectivity index (χ4v) is 3.03. The maximum Gasteiger partial charge on any atom is 0.338 e. The van der Waals surface area contributed by atoms with Gasteiger partial charge in [-0.3, -0.25) is 0 Å². The highest BCUT2D eigenvalue weighted by molar-refractivity contribution is 7.98. The van der Waals surface area contributed by atoms with Gasteiger partial charge >= 0.3 is 5.97 Å². The Morgan fingerprint density at radius 3 is 2.57 bits per heavy atom. The first-order chi connectivity index (χ1) is 9.88. The van der Waals surface area contributed by atoms with Gasteiger partial charge in [0.1, 0.15) is 5.03 Å². The van der Waals surface area contributed by atoms with Crippen molar-refractivity contribution in [2.24, 2.45) is 0 Å². The van der Waals surface area contributed by atoms with Crippen LogP contribution in [0.3, 0.4) is 0 Å². The van der Waals surface area contributed by atoms with Crippen LogP contribution in [0.5, 0.6) is 0 Å². The van der Waals surface area contributed by atoms with E-state index >= 15 is 0 Å². The van der Waals surface area contributed by atoms with E-state index in [9.17, 15) is 18.7 Å². The third kappa shape index (κ3) is 3.58. The van der Waals surface area contributed by atoms with E-state index in [2.05, 4.69) is 4.98 Å². The van der Waals surface area contributed by atoms with Crippen LogP contribution in [0.2, 0.25) is 0 Å². The standard InChI is InChI=1S/C15H13F2NO2S/c1-8-5-9(2)18-14(13(8)15(19)20)21-7-10-3-4-11(16)12(17)6-10/h3-6H,7H2,1-2H3,(H,19,20). The third-order valence-corrected chi connectivity index (χ3v) is 3.93. The first kappa shape index (κ1) is 15.4. The number of aromatic nitrogens is 1. The number of rotatable bonds is 4. The highest BCUT2D eigenvalue weighted by atomic mass is 32.2. The van der Waals surface area contributed by atoms with Gasteiger partial charge in [0.15, 0.2) is 11.6 Å². The molecule has 1 heterocycles. The molecule has 6 heteroatoms. The molecule has 110 valence electrons. The molecular weight excluding hydrogens is 296 g/mol. The molecule has 0 unspecified atom stereocenters. The molecule has 0 bridgehead atoms. The summed E-state index contributed by atoms with van der Waals surface area (Å²) in [7, 11) is 0. The first-order valence-electron chi connectivity index (χ1n) is 6.16. The molecule has 0 aliphatic rings. The van der Waals surface area contributed by atoms with Crippen LogP contribution in [0.1, 0.15) is 27.2 Å². The van der Waals surface area contributed by atoms with E-state index in [1.807, 2.05) is 0 Å². The first-order valence-corrected chi connectivity index (χ1v) is 7.15. The molecule has 0 fully saturated rings. The van der Waals surface area contributed by atoms with Crippen molar-refractivity contribution >= 4 is 17.7 Å². The quantitative estimate of drug-likeness (QED) is 0.868. The van der Waals surface area contributed by atoms with Gasteiger partial charge in [0.2, 0.25) is 0 Å². The minimum Gasteiger partial charge on any atom is -0.478 e. The molecule has 0 aliphatic carbocycles. The Morgan fingerprint density at radius 1 is 1.24 bits per heavy atom. The largest absolute Gasteiger partial charge is 0.478 e. The van der Waals surface area contributed by atoms with Gasteiger partial charge in [0.25, 0.3) is 0 Å². The highest BCUT2D eigenvalue weighted by Crippen LogP contribution is 2.27. The Labute approximate surface area is 125 Å². The molecule has 21 heavy (non-hydrogen) atoms. The number of carboxylic acid groups (broad SMARTS) is 1. The predicted molar refractivity (Wildman–Crippen MR) is 76.6 cm³/mol. The zero-order chi connectivity index (χ0) is 15.6. The van der Waals surface area contributed by atoms with Crippen molar-refractivity contribution in [3.05, 3.63) is 58.3 Å². The molecule has 3 nitrogen and oxygen atoms in total. The topological polar surface area (TPSA) is 50.2 Å². The van der Waals surface area contributed by atoms with Crippen LogP contribution < -0.4 is 0 Å². The van der Waals surface area contributed by atoms with Gasteiger partial charge in [0, 0.05) is 11.4 Å². The molecule has 2 aromatic rings. The molecule has 1 aromatic carbocycles. The van der Waals surface area contributed by atoms with E-state index in [4.69, 9.17) is 0 Å². The fraction of sp³-hybridized carbons (Fsp3) is 0.200. The van der Waals surface area contributed by atoms with Crippen LogP contribution in [0.25, 0.3) is 0 Å². The average molecular weight is 309 g/mol. The SMILES string of the molecule is Cc1cc(C)c(C(=O)O)c(SCc2ccc(F)c(F)c2)n1. The van der Waals surface area contributed by atoms with E-state index in [0.717, 1.165) is 12.1 Å². The van der Waals surface area contributed by atoms with Crippen LogP contribution in [-0.2, 0) is 5.75 Å². The predicted octanol–water partition coefficient (Wildman–Crippen LogP) is 3.97. The van der Waals surface area contributed by atoms with Gasteiger partial charge in [-0.2, -0.15) is 0 Å². The summed E-state index contributed by atoms with van der Waals surface area (Å²) in [6.07, 6.45) is 0. The molecule has 1 aromatic heterocycles. The van der Waals surface area contributed by atoms with Gasteiger partial charge in [-0.15, -0.1) is 11.8 Å². The summed E-state index contributed by atoms with van der Waals surface area (Å²) < 4.78 is 26.0. The molecule has 0 saturated carbocycles. The second-order valence-electron chi connectivity index (χ2n) is 4.60. The highest BCUT2D eigenvalue weighted by Gasteiger charge is 2.16. The van der Waals surface area contributed by atoms with Crippen LogP contribution in [0, 0.1) is 25.5 Å². The zero-order valence-corrected chi connectivity index (χ0v) is 12.3. The van der Waals surface area contributed by atoms with E-state index in [0.29, 0.717) is 27.6 Å². The van der Waals surface area contributed by atoms with Crippen LogP contribution in [0.15, 0.2) is 29.3 Å². The second kappa shape index (κ2) is 6.22. The number of halogens is 2. The zero-order valence-electron chi connectivity index (χ0n) is 11.5. The maximum atomic E-state index is 13.1. The molecule has 0 radical (unpaired) electrons. The van der Waals surface area contributed by atoms with Gasteiger partial charge in [-0.25, -0.2) is 18.6 Å². The van der Waals surface area contributed by atoms with Crippen molar-refractivity contribution in [3.63, 3.8) is 0 Å². The van der Waals surface area contributed by atoms with E-state index in [-0.39, 0.29) is 5.56 Å². The van der Waals surface area contributed by atoms with Crippen molar-refractivity contribution in [1.82, 2.24) is 4.98 Å². The molecule has 1 N–H and O–H groups in total. The van der Waals surface area contributed by atoms with Crippen molar-refractivity contribution in [2.75, 3.05) is 0 Å². The lowest BCUT2D eigenvalue weighted by Crippen LogP contribution is -2.05. The van der Waals surface area contributed by atoms with Crippen molar-refractivity contribution in [3.8, 4) is 0 Å². The molecule has 0 amide bonds. The van der Waals surface area contributed by atoms with Crippen molar-refractivity contribution < 1.29 is 18.7 Å². The lowest BCUT2D eigenvalue weighted by Gasteiger charge is -2.09. The number of benzene rings is 1. The number of carbonyl (C=O) groups is 1. The lowest BCUT2D eigenvalue weighted by atomic mass is 10.1. The summed E-state index contributed by atoms with van der Waals surface area (Å²) in [6.45, 7) is 3.49. The molecule has 0 aliphatic heterocycles. The lowest BCUT2D eigenvalue weighted by molar-refractivity contribution is 0.0691. The van der Waals surface area contributed by atoms with Crippen molar-refractivity contribution in [2.45, 2.75) is 24.6 Å². The van der Waals surface area contributed by atoms with E-state index < -0.39 is 17.6 Å². The molecule has 0 saturated heterocycles. The van der Waals surface area contributed by atoms with E-state index in [1.165, 1.54) is 17.8 Å². The number of carboxylic acids is 1. The summed E-state index contributed by atoms with van der Waals surface area (Å²) in [5, 5.41) is 9.63. The normalized spacial score (nSPS) is 10.7. The van der Waals surface area contributed by atoms with E-state index in [1.54, 1.807) is 19.9 Å². The third-order valence-electron chi connectivity index (χ3n) is 2.88. The molecule has 0 spiro atoms. The Kier molecular flexibility index (Phi) is 4.57. The number of thioether (sulfide) groups is 1. The Bertz CT molecular complexity index is 704. The van der Waals surface area contributed by atoms with Gasteiger partial charge in [0.05, 0.1) is 5.56 Å². The summed E-state index contributed by atoms with van der Waals surface area (Å²) in [5.41, 5.74) is 2.05. The number of aromatic carboxylic acids is 1. The Morgan fingerprint density at radius 2 is 1.95 bits per heavy atom. The maximum absolute atomic E-state index is 13.1. The number of nitrogens with zero attached hydrogens (tertiary/aromatic N) is 1.